The smallest absolute Gasteiger partial charge is 0.147 e. The summed E-state index contributed by atoms with van der Waals surface area (Å²) in [5.41, 5.74) is -0.694. The van der Waals surface area contributed by atoms with Crippen molar-refractivity contribution in [3.05, 3.63) is 33.0 Å². The van der Waals surface area contributed by atoms with E-state index in [1.54, 1.807) is 6.07 Å². The van der Waals surface area contributed by atoms with Crippen LogP contribution < -0.4 is 0 Å². The second-order valence-corrected chi connectivity index (χ2v) is 4.96. The molecule has 14 heavy (non-hydrogen) atoms. The lowest BCUT2D eigenvalue weighted by atomic mass is 9.75. The highest BCUT2D eigenvalue weighted by Crippen LogP contribution is 2.44. The van der Waals surface area contributed by atoms with Crippen LogP contribution in [0, 0.1) is 5.82 Å². The van der Waals surface area contributed by atoms with Crippen molar-refractivity contribution in [1.82, 2.24) is 0 Å². The number of hydrogen-bond donors (Lipinski definition) is 1. The van der Waals surface area contributed by atoms with E-state index >= 15 is 0 Å². The number of halogens is 3. The fourth-order valence-corrected chi connectivity index (χ4v) is 2.48. The molecule has 0 amide bonds. The second kappa shape index (κ2) is 3.47. The molecule has 1 aliphatic carbocycles. The Balaban J connectivity index is 2.51. The maximum Gasteiger partial charge on any atom is 0.147 e. The van der Waals surface area contributed by atoms with Crippen molar-refractivity contribution in [2.45, 2.75) is 24.9 Å². The van der Waals surface area contributed by atoms with E-state index in [2.05, 4.69) is 15.9 Å². The van der Waals surface area contributed by atoms with Gasteiger partial charge in [-0.3, -0.25) is 0 Å². The van der Waals surface area contributed by atoms with Crippen LogP contribution in [0.3, 0.4) is 0 Å². The summed E-state index contributed by atoms with van der Waals surface area (Å²) in [7, 11) is 0. The molecule has 1 N–H and O–H groups in total. The van der Waals surface area contributed by atoms with Crippen molar-refractivity contribution in [2.75, 3.05) is 0 Å². The van der Waals surface area contributed by atoms with Crippen LogP contribution in [0.4, 0.5) is 4.39 Å². The molecule has 0 atom stereocenters. The Morgan fingerprint density at radius 1 is 1.43 bits per heavy atom. The molecule has 0 heterocycles. The maximum absolute atomic E-state index is 13.6. The fourth-order valence-electron chi connectivity index (χ4n) is 1.68. The Morgan fingerprint density at radius 3 is 2.57 bits per heavy atom. The summed E-state index contributed by atoms with van der Waals surface area (Å²) in [5.74, 6) is -0.503. The summed E-state index contributed by atoms with van der Waals surface area (Å²) < 4.78 is 14.3. The SMILES string of the molecule is OC1(c2cc(Br)cc(Cl)c2F)CCC1. The molecule has 0 radical (unpaired) electrons. The zero-order valence-electron chi connectivity index (χ0n) is 7.36. The van der Waals surface area contributed by atoms with Crippen molar-refractivity contribution in [3.8, 4) is 0 Å². The zero-order chi connectivity index (χ0) is 10.3. The molecule has 4 heteroatoms. The quantitative estimate of drug-likeness (QED) is 0.779. The normalized spacial score (nSPS) is 19.1. The van der Waals surface area contributed by atoms with Crippen LogP contribution in [-0.2, 0) is 5.60 Å². The number of hydrogen-bond acceptors (Lipinski definition) is 1. The molecular formula is C10H9BrClFO. The van der Waals surface area contributed by atoms with E-state index in [0.29, 0.717) is 22.9 Å². The van der Waals surface area contributed by atoms with Gasteiger partial charge in [0.2, 0.25) is 0 Å². The lowest BCUT2D eigenvalue weighted by molar-refractivity contribution is -0.0416. The van der Waals surface area contributed by atoms with E-state index in [1.807, 2.05) is 0 Å². The maximum atomic E-state index is 13.6. The molecule has 0 aliphatic heterocycles. The third kappa shape index (κ3) is 1.58. The van der Waals surface area contributed by atoms with Gasteiger partial charge in [0, 0.05) is 10.0 Å². The summed E-state index contributed by atoms with van der Waals surface area (Å²) in [6.07, 6.45) is 2.15. The van der Waals surface area contributed by atoms with E-state index < -0.39 is 11.4 Å². The molecule has 1 aliphatic rings. The molecule has 0 spiro atoms. The average molecular weight is 280 g/mol. The van der Waals surface area contributed by atoms with Crippen molar-refractivity contribution in [2.24, 2.45) is 0 Å². The summed E-state index contributed by atoms with van der Waals surface area (Å²) in [4.78, 5) is 0. The van der Waals surface area contributed by atoms with E-state index in [4.69, 9.17) is 11.6 Å². The first-order valence-electron chi connectivity index (χ1n) is 4.40. The van der Waals surface area contributed by atoms with Gasteiger partial charge in [0.05, 0.1) is 10.6 Å². The fraction of sp³-hybridized carbons (Fsp3) is 0.400. The topological polar surface area (TPSA) is 20.2 Å². The molecule has 1 saturated carbocycles. The molecular weight excluding hydrogens is 270 g/mol. The van der Waals surface area contributed by atoms with E-state index in [-0.39, 0.29) is 5.02 Å². The average Bonchev–Trinajstić information content (AvgIpc) is 2.07. The van der Waals surface area contributed by atoms with E-state index in [1.165, 1.54) is 6.07 Å². The lowest BCUT2D eigenvalue weighted by Crippen LogP contribution is -2.34. The zero-order valence-corrected chi connectivity index (χ0v) is 9.70. The van der Waals surface area contributed by atoms with Gasteiger partial charge in [-0.1, -0.05) is 27.5 Å². The van der Waals surface area contributed by atoms with Crippen LogP contribution in [0.2, 0.25) is 5.02 Å². The van der Waals surface area contributed by atoms with Gasteiger partial charge in [-0.2, -0.15) is 0 Å². The third-order valence-corrected chi connectivity index (χ3v) is 3.41. The monoisotopic (exact) mass is 278 g/mol. The van der Waals surface area contributed by atoms with Crippen molar-refractivity contribution in [1.29, 1.82) is 0 Å². The van der Waals surface area contributed by atoms with Gasteiger partial charge >= 0.3 is 0 Å². The molecule has 0 saturated heterocycles. The summed E-state index contributed by atoms with van der Waals surface area (Å²) in [5, 5.41) is 10.0. The lowest BCUT2D eigenvalue weighted by Gasteiger charge is -2.37. The van der Waals surface area contributed by atoms with Crippen LogP contribution in [0.25, 0.3) is 0 Å². The number of aliphatic hydroxyl groups is 1. The first-order valence-corrected chi connectivity index (χ1v) is 5.57. The summed E-state index contributed by atoms with van der Waals surface area (Å²) in [6.45, 7) is 0. The predicted octanol–water partition coefficient (Wildman–Crippen LogP) is 3.61. The number of benzene rings is 1. The largest absolute Gasteiger partial charge is 0.385 e. The van der Waals surface area contributed by atoms with Crippen molar-refractivity contribution < 1.29 is 9.50 Å². The van der Waals surface area contributed by atoms with Crippen LogP contribution in [0.5, 0.6) is 0 Å². The molecule has 0 bridgehead atoms. The van der Waals surface area contributed by atoms with E-state index in [0.717, 1.165) is 6.42 Å². The van der Waals surface area contributed by atoms with Crippen molar-refractivity contribution >= 4 is 27.5 Å². The van der Waals surface area contributed by atoms with Gasteiger partial charge in [-0.05, 0) is 31.4 Å². The molecule has 76 valence electrons. The minimum absolute atomic E-state index is 0.0506. The van der Waals surface area contributed by atoms with Crippen LogP contribution in [0.15, 0.2) is 16.6 Å². The van der Waals surface area contributed by atoms with Gasteiger partial charge in [0.25, 0.3) is 0 Å². The molecule has 0 unspecified atom stereocenters. The van der Waals surface area contributed by atoms with Crippen LogP contribution in [-0.4, -0.2) is 5.11 Å². The van der Waals surface area contributed by atoms with E-state index in [9.17, 15) is 9.50 Å². The summed E-state index contributed by atoms with van der Waals surface area (Å²) in [6, 6.07) is 3.09. The Morgan fingerprint density at radius 2 is 2.07 bits per heavy atom. The minimum Gasteiger partial charge on any atom is -0.385 e. The Labute approximate surface area is 95.0 Å². The van der Waals surface area contributed by atoms with Gasteiger partial charge in [0.1, 0.15) is 5.82 Å². The van der Waals surface area contributed by atoms with Gasteiger partial charge in [-0.25, -0.2) is 4.39 Å². The molecule has 0 aromatic heterocycles. The highest BCUT2D eigenvalue weighted by Gasteiger charge is 2.39. The Kier molecular flexibility index (Phi) is 2.58. The molecule has 1 fully saturated rings. The number of rotatable bonds is 1. The van der Waals surface area contributed by atoms with Crippen LogP contribution >= 0.6 is 27.5 Å². The minimum atomic E-state index is -1.00. The first kappa shape index (κ1) is 10.4. The third-order valence-electron chi connectivity index (χ3n) is 2.68. The van der Waals surface area contributed by atoms with Gasteiger partial charge in [-0.15, -0.1) is 0 Å². The first-order chi connectivity index (χ1) is 6.53. The van der Waals surface area contributed by atoms with Crippen molar-refractivity contribution in [3.63, 3.8) is 0 Å². The Hall–Kier alpha value is -0.120. The predicted molar refractivity (Wildman–Crippen MR) is 56.9 cm³/mol. The molecule has 2 rings (SSSR count). The standard InChI is InChI=1S/C10H9BrClFO/c11-6-4-7(9(13)8(12)5-6)10(14)2-1-3-10/h4-5,14H,1-3H2. The molecule has 1 aromatic carbocycles. The highest BCUT2D eigenvalue weighted by atomic mass is 79.9. The van der Waals surface area contributed by atoms with Gasteiger partial charge in [0.15, 0.2) is 0 Å². The van der Waals surface area contributed by atoms with Crippen LogP contribution in [0.1, 0.15) is 24.8 Å². The second-order valence-electron chi connectivity index (χ2n) is 3.63. The van der Waals surface area contributed by atoms with Gasteiger partial charge < -0.3 is 5.11 Å². The molecule has 1 nitrogen and oxygen atoms in total. The highest BCUT2D eigenvalue weighted by molar-refractivity contribution is 9.10. The Bertz CT molecular complexity index is 377. The summed E-state index contributed by atoms with van der Waals surface area (Å²) >= 11 is 8.92. The molecule has 1 aromatic rings.